The molecule has 1 spiro atoms. The SMILES string of the molecule is COc1ccccc1[C@@H](C)NC1CCC2(CCCC2)CC1. The lowest BCUT2D eigenvalue weighted by atomic mass is 9.71. The van der Waals surface area contributed by atoms with Gasteiger partial charge in [0, 0.05) is 17.6 Å². The maximum absolute atomic E-state index is 5.49. The Balaban J connectivity index is 1.57. The maximum Gasteiger partial charge on any atom is 0.123 e. The molecule has 0 saturated heterocycles. The second kappa shape index (κ2) is 6.39. The molecule has 2 heteroatoms. The van der Waals surface area contributed by atoms with E-state index in [1.165, 1.54) is 56.9 Å². The lowest BCUT2D eigenvalue weighted by molar-refractivity contribution is 0.163. The minimum atomic E-state index is 0.365. The molecular weight excluding hydrogens is 258 g/mol. The third-order valence-corrected chi connectivity index (χ3v) is 5.80. The van der Waals surface area contributed by atoms with Gasteiger partial charge in [-0.25, -0.2) is 0 Å². The summed E-state index contributed by atoms with van der Waals surface area (Å²) in [6.07, 6.45) is 11.5. The molecule has 0 aromatic heterocycles. The first kappa shape index (κ1) is 14.9. The molecule has 0 amide bonds. The van der Waals surface area contributed by atoms with Crippen molar-refractivity contribution in [1.29, 1.82) is 0 Å². The van der Waals surface area contributed by atoms with Crippen LogP contribution in [0.5, 0.6) is 5.75 Å². The Morgan fingerprint density at radius 2 is 1.76 bits per heavy atom. The van der Waals surface area contributed by atoms with Crippen LogP contribution in [0.2, 0.25) is 0 Å². The number of hydrogen-bond donors (Lipinski definition) is 1. The molecular formula is C19H29NO. The molecule has 21 heavy (non-hydrogen) atoms. The van der Waals surface area contributed by atoms with Crippen molar-refractivity contribution >= 4 is 0 Å². The molecule has 2 aliphatic carbocycles. The largest absolute Gasteiger partial charge is 0.496 e. The summed E-state index contributed by atoms with van der Waals surface area (Å²) in [6, 6.07) is 9.42. The van der Waals surface area contributed by atoms with E-state index in [9.17, 15) is 0 Å². The first-order chi connectivity index (χ1) is 10.2. The van der Waals surface area contributed by atoms with Crippen molar-refractivity contribution in [2.24, 2.45) is 5.41 Å². The van der Waals surface area contributed by atoms with Crippen molar-refractivity contribution < 1.29 is 4.74 Å². The zero-order chi connectivity index (χ0) is 14.7. The van der Waals surface area contributed by atoms with Gasteiger partial charge < -0.3 is 10.1 Å². The summed E-state index contributed by atoms with van der Waals surface area (Å²) in [4.78, 5) is 0. The number of benzene rings is 1. The van der Waals surface area contributed by atoms with Crippen molar-refractivity contribution in [3.8, 4) is 5.75 Å². The van der Waals surface area contributed by atoms with Crippen LogP contribution in [0.15, 0.2) is 24.3 Å². The lowest BCUT2D eigenvalue weighted by Gasteiger charge is -2.38. The summed E-state index contributed by atoms with van der Waals surface area (Å²) < 4.78 is 5.49. The second-order valence-electron chi connectivity index (χ2n) is 7.11. The number of nitrogens with one attached hydrogen (secondary N) is 1. The van der Waals surface area contributed by atoms with Crippen LogP contribution in [-0.4, -0.2) is 13.2 Å². The highest BCUT2D eigenvalue weighted by molar-refractivity contribution is 5.35. The summed E-state index contributed by atoms with van der Waals surface area (Å²) >= 11 is 0. The van der Waals surface area contributed by atoms with E-state index < -0.39 is 0 Å². The molecule has 1 aromatic rings. The Bertz CT molecular complexity index is 454. The van der Waals surface area contributed by atoms with Crippen LogP contribution in [0.3, 0.4) is 0 Å². The van der Waals surface area contributed by atoms with Crippen LogP contribution in [0.25, 0.3) is 0 Å². The molecule has 3 rings (SSSR count). The second-order valence-corrected chi connectivity index (χ2v) is 7.11. The molecule has 2 fully saturated rings. The zero-order valence-corrected chi connectivity index (χ0v) is 13.5. The average Bonchev–Trinajstić information content (AvgIpc) is 2.98. The fourth-order valence-electron chi connectivity index (χ4n) is 4.49. The molecule has 0 unspecified atom stereocenters. The molecule has 2 aliphatic rings. The first-order valence-corrected chi connectivity index (χ1v) is 8.61. The smallest absolute Gasteiger partial charge is 0.123 e. The molecule has 0 radical (unpaired) electrons. The van der Waals surface area contributed by atoms with Gasteiger partial charge in [-0.15, -0.1) is 0 Å². The van der Waals surface area contributed by atoms with Crippen molar-refractivity contribution in [2.75, 3.05) is 7.11 Å². The Morgan fingerprint density at radius 1 is 1.10 bits per heavy atom. The van der Waals surface area contributed by atoms with Gasteiger partial charge in [0.2, 0.25) is 0 Å². The first-order valence-electron chi connectivity index (χ1n) is 8.61. The van der Waals surface area contributed by atoms with E-state index in [2.05, 4.69) is 30.4 Å². The normalized spacial score (nSPS) is 23.3. The Labute approximate surface area is 129 Å². The molecule has 0 aliphatic heterocycles. The van der Waals surface area contributed by atoms with Gasteiger partial charge in [0.25, 0.3) is 0 Å². The minimum Gasteiger partial charge on any atom is -0.496 e. The predicted molar refractivity (Wildman–Crippen MR) is 87.7 cm³/mol. The quantitative estimate of drug-likeness (QED) is 0.855. The molecule has 2 saturated carbocycles. The van der Waals surface area contributed by atoms with Gasteiger partial charge in [0.15, 0.2) is 0 Å². The van der Waals surface area contributed by atoms with Crippen LogP contribution < -0.4 is 10.1 Å². The van der Waals surface area contributed by atoms with Crippen molar-refractivity contribution in [2.45, 2.75) is 70.4 Å². The van der Waals surface area contributed by atoms with E-state index in [1.807, 2.05) is 6.07 Å². The summed E-state index contributed by atoms with van der Waals surface area (Å²) in [5.74, 6) is 1.00. The van der Waals surface area contributed by atoms with Crippen molar-refractivity contribution in [3.63, 3.8) is 0 Å². The van der Waals surface area contributed by atoms with Crippen molar-refractivity contribution in [3.05, 3.63) is 29.8 Å². The van der Waals surface area contributed by atoms with E-state index >= 15 is 0 Å². The molecule has 116 valence electrons. The standard InChI is InChI=1S/C19H29NO/c1-15(17-7-3-4-8-18(17)21-2)20-16-9-13-19(14-10-16)11-5-6-12-19/h3-4,7-8,15-16,20H,5-6,9-14H2,1-2H3/t15-/m1/s1. The Hall–Kier alpha value is -1.02. The van der Waals surface area contributed by atoms with Crippen LogP contribution >= 0.6 is 0 Å². The fourth-order valence-corrected chi connectivity index (χ4v) is 4.49. The Morgan fingerprint density at radius 3 is 2.43 bits per heavy atom. The van der Waals surface area contributed by atoms with Gasteiger partial charge in [0.05, 0.1) is 7.11 Å². The topological polar surface area (TPSA) is 21.3 Å². The highest BCUT2D eigenvalue weighted by Crippen LogP contribution is 2.49. The van der Waals surface area contributed by atoms with Gasteiger partial charge in [-0.05, 0) is 56.9 Å². The average molecular weight is 287 g/mol. The monoisotopic (exact) mass is 287 g/mol. The molecule has 1 aromatic carbocycles. The molecule has 1 N–H and O–H groups in total. The summed E-state index contributed by atoms with van der Waals surface area (Å²) in [5, 5.41) is 3.84. The van der Waals surface area contributed by atoms with E-state index in [0.717, 1.165) is 11.2 Å². The van der Waals surface area contributed by atoms with Gasteiger partial charge in [-0.2, -0.15) is 0 Å². The third-order valence-electron chi connectivity index (χ3n) is 5.80. The third kappa shape index (κ3) is 3.26. The Kier molecular flexibility index (Phi) is 4.54. The lowest BCUT2D eigenvalue weighted by Crippen LogP contribution is -2.38. The van der Waals surface area contributed by atoms with Gasteiger partial charge >= 0.3 is 0 Å². The molecule has 0 bridgehead atoms. The molecule has 1 atom stereocenters. The number of rotatable bonds is 4. The fraction of sp³-hybridized carbons (Fsp3) is 0.684. The van der Waals surface area contributed by atoms with Crippen LogP contribution in [0, 0.1) is 5.41 Å². The number of methoxy groups -OCH3 is 1. The zero-order valence-electron chi connectivity index (χ0n) is 13.5. The minimum absolute atomic E-state index is 0.365. The van der Waals surface area contributed by atoms with E-state index in [4.69, 9.17) is 4.74 Å². The highest BCUT2D eigenvalue weighted by atomic mass is 16.5. The van der Waals surface area contributed by atoms with E-state index in [1.54, 1.807) is 7.11 Å². The van der Waals surface area contributed by atoms with Crippen LogP contribution in [0.4, 0.5) is 0 Å². The highest BCUT2D eigenvalue weighted by Gasteiger charge is 2.37. The summed E-state index contributed by atoms with van der Waals surface area (Å²) in [6.45, 7) is 2.26. The maximum atomic E-state index is 5.49. The summed E-state index contributed by atoms with van der Waals surface area (Å²) in [7, 11) is 1.76. The number of ether oxygens (including phenoxy) is 1. The predicted octanol–water partition coefficient (Wildman–Crippen LogP) is 4.85. The number of para-hydroxylation sites is 1. The van der Waals surface area contributed by atoms with E-state index in [0.29, 0.717) is 12.1 Å². The molecule has 2 nitrogen and oxygen atoms in total. The summed E-state index contributed by atoms with van der Waals surface area (Å²) in [5.41, 5.74) is 2.01. The van der Waals surface area contributed by atoms with Crippen LogP contribution in [-0.2, 0) is 0 Å². The molecule has 0 heterocycles. The van der Waals surface area contributed by atoms with Gasteiger partial charge in [0.1, 0.15) is 5.75 Å². The van der Waals surface area contributed by atoms with Crippen molar-refractivity contribution in [1.82, 2.24) is 5.32 Å². The van der Waals surface area contributed by atoms with Gasteiger partial charge in [-0.1, -0.05) is 31.0 Å². The van der Waals surface area contributed by atoms with E-state index in [-0.39, 0.29) is 0 Å². The van der Waals surface area contributed by atoms with Crippen LogP contribution in [0.1, 0.15) is 69.9 Å². The number of hydrogen-bond acceptors (Lipinski definition) is 2. The van der Waals surface area contributed by atoms with Gasteiger partial charge in [-0.3, -0.25) is 0 Å².